The van der Waals surface area contributed by atoms with Crippen molar-refractivity contribution in [2.24, 2.45) is 0 Å². The van der Waals surface area contributed by atoms with Gasteiger partial charge < -0.3 is 0 Å². The zero-order chi connectivity index (χ0) is 31.2. The molecule has 0 radical (unpaired) electrons. The molecular weight excluding hydrogens is 574 g/mol. The van der Waals surface area contributed by atoms with Gasteiger partial charge in [-0.15, -0.1) is 0 Å². The summed E-state index contributed by atoms with van der Waals surface area (Å²) >= 11 is 0. The van der Waals surface area contributed by atoms with Crippen LogP contribution >= 0.6 is 0 Å². The smallest absolute Gasteiger partial charge is 0.145 e. The van der Waals surface area contributed by atoms with E-state index in [2.05, 4.69) is 130 Å². The van der Waals surface area contributed by atoms with Gasteiger partial charge in [0, 0.05) is 63.5 Å². The molecule has 5 nitrogen and oxygen atoms in total. The van der Waals surface area contributed by atoms with Crippen LogP contribution in [0.25, 0.3) is 83.3 Å². The van der Waals surface area contributed by atoms with Crippen LogP contribution in [-0.4, -0.2) is 24.5 Å². The minimum absolute atomic E-state index is 0.903. The van der Waals surface area contributed by atoms with E-state index < -0.39 is 0 Å². The highest BCUT2D eigenvalue weighted by Gasteiger charge is 2.16. The second kappa shape index (κ2) is 11.2. The fraction of sp³-hybridized carbons (Fsp3) is 0. The molecule has 47 heavy (non-hydrogen) atoms. The molecule has 0 spiro atoms. The molecule has 0 atom stereocenters. The van der Waals surface area contributed by atoms with Crippen LogP contribution in [0.2, 0.25) is 0 Å². The van der Waals surface area contributed by atoms with E-state index in [-0.39, 0.29) is 0 Å². The monoisotopic (exact) mass is 601 g/mol. The third kappa shape index (κ3) is 4.73. The summed E-state index contributed by atoms with van der Waals surface area (Å²) in [6, 6.07) is 48.6. The summed E-state index contributed by atoms with van der Waals surface area (Å²) in [5, 5.41) is 3.37. The van der Waals surface area contributed by atoms with Crippen LogP contribution < -0.4 is 0 Å². The van der Waals surface area contributed by atoms with Gasteiger partial charge in [-0.25, -0.2) is 9.97 Å². The lowest BCUT2D eigenvalue weighted by molar-refractivity contribution is 1.10. The second-order valence-electron chi connectivity index (χ2n) is 11.6. The largest absolute Gasteiger partial charge is 0.292 e. The fourth-order valence-corrected chi connectivity index (χ4v) is 6.49. The fourth-order valence-electron chi connectivity index (χ4n) is 6.49. The number of aromatic nitrogens is 5. The van der Waals surface area contributed by atoms with Crippen molar-refractivity contribution < 1.29 is 0 Å². The molecule has 0 amide bonds. The van der Waals surface area contributed by atoms with Gasteiger partial charge in [-0.3, -0.25) is 14.5 Å². The average molecular weight is 602 g/mol. The van der Waals surface area contributed by atoms with Gasteiger partial charge in [-0.2, -0.15) is 0 Å². The zero-order valence-electron chi connectivity index (χ0n) is 25.3. The molecule has 0 unspecified atom stereocenters. The Bertz CT molecular complexity index is 2540. The summed E-state index contributed by atoms with van der Waals surface area (Å²) in [6.45, 7) is 0. The van der Waals surface area contributed by atoms with Gasteiger partial charge in [0.05, 0.1) is 22.2 Å². The summed E-state index contributed by atoms with van der Waals surface area (Å²) in [5.74, 6) is 0.903. The minimum Gasteiger partial charge on any atom is -0.292 e. The van der Waals surface area contributed by atoms with E-state index in [0.29, 0.717) is 0 Å². The van der Waals surface area contributed by atoms with Crippen molar-refractivity contribution in [3.05, 3.63) is 164 Å². The molecule has 0 fully saturated rings. The first-order chi connectivity index (χ1) is 23.3. The molecule has 220 valence electrons. The molecule has 5 heteroatoms. The van der Waals surface area contributed by atoms with Crippen molar-refractivity contribution in [2.45, 2.75) is 0 Å². The number of imidazole rings is 1. The molecule has 0 aliphatic heterocycles. The van der Waals surface area contributed by atoms with Gasteiger partial charge in [0.2, 0.25) is 0 Å². The van der Waals surface area contributed by atoms with Gasteiger partial charge >= 0.3 is 0 Å². The standard InChI is InChI=1S/C42H27N5/c1-2-10-34(11-3-1)47-40-13-5-4-12-38(40)46-42(47)29-16-14-28(15-17-29)41-37-24-30(32-8-6-22-43-26-32)18-20-35(37)36-21-19-31(25-39(36)45-41)33-9-7-23-44-27-33/h1-27H. The molecule has 9 aromatic rings. The predicted molar refractivity (Wildman–Crippen MR) is 191 cm³/mol. The van der Waals surface area contributed by atoms with Gasteiger partial charge in [-0.05, 0) is 65.0 Å². The van der Waals surface area contributed by atoms with E-state index in [1.807, 2.05) is 36.7 Å². The quantitative estimate of drug-likeness (QED) is 0.184. The van der Waals surface area contributed by atoms with Gasteiger partial charge in [-0.1, -0.05) is 91.0 Å². The number of benzene rings is 5. The zero-order valence-corrected chi connectivity index (χ0v) is 25.3. The molecule has 4 aromatic heterocycles. The third-order valence-corrected chi connectivity index (χ3v) is 8.78. The van der Waals surface area contributed by atoms with Gasteiger partial charge in [0.15, 0.2) is 0 Å². The second-order valence-corrected chi connectivity index (χ2v) is 11.6. The van der Waals surface area contributed by atoms with Gasteiger partial charge in [0.25, 0.3) is 0 Å². The predicted octanol–water partition coefficient (Wildman–Crippen LogP) is 10.2. The normalized spacial score (nSPS) is 11.4. The molecular formula is C42H27N5. The Hall–Kier alpha value is -6.46. The molecule has 5 aromatic carbocycles. The first kappa shape index (κ1) is 26.9. The van der Waals surface area contributed by atoms with E-state index in [1.54, 1.807) is 12.4 Å². The number of fused-ring (bicyclic) bond motifs is 4. The lowest BCUT2D eigenvalue weighted by Crippen LogP contribution is -1.97. The number of rotatable bonds is 5. The number of pyridine rings is 3. The number of hydrogen-bond donors (Lipinski definition) is 0. The van der Waals surface area contributed by atoms with E-state index in [0.717, 1.165) is 83.3 Å². The Balaban J connectivity index is 1.23. The lowest BCUT2D eigenvalue weighted by Gasteiger charge is -2.14. The maximum atomic E-state index is 5.34. The van der Waals surface area contributed by atoms with Crippen molar-refractivity contribution in [3.8, 4) is 50.6 Å². The third-order valence-electron chi connectivity index (χ3n) is 8.78. The number of para-hydroxylation sites is 3. The van der Waals surface area contributed by atoms with Crippen molar-refractivity contribution in [1.29, 1.82) is 0 Å². The van der Waals surface area contributed by atoms with Crippen LogP contribution in [0.15, 0.2) is 164 Å². The minimum atomic E-state index is 0.903. The SMILES string of the molecule is c1ccc(-n2c(-c3ccc(-c4nc5cc(-c6cccnc6)ccc5c5ccc(-c6cccnc6)cc45)cc3)nc3ccccc32)cc1. The summed E-state index contributed by atoms with van der Waals surface area (Å²) in [4.78, 5) is 19.1. The molecule has 0 N–H and O–H groups in total. The first-order valence-corrected chi connectivity index (χ1v) is 15.6. The van der Waals surface area contributed by atoms with Crippen molar-refractivity contribution in [1.82, 2.24) is 24.5 Å². The first-order valence-electron chi connectivity index (χ1n) is 15.6. The number of nitrogens with zero attached hydrogens (tertiary/aromatic N) is 5. The molecule has 0 aliphatic rings. The molecule has 0 saturated heterocycles. The average Bonchev–Trinajstić information content (AvgIpc) is 3.55. The molecule has 0 aliphatic carbocycles. The molecule has 4 heterocycles. The van der Waals surface area contributed by atoms with E-state index in [1.165, 1.54) is 0 Å². The van der Waals surface area contributed by atoms with Crippen LogP contribution in [-0.2, 0) is 0 Å². The summed E-state index contributed by atoms with van der Waals surface area (Å²) < 4.78 is 2.23. The summed E-state index contributed by atoms with van der Waals surface area (Å²) in [5.41, 5.74) is 11.4. The highest BCUT2D eigenvalue weighted by molar-refractivity contribution is 6.12. The highest BCUT2D eigenvalue weighted by atomic mass is 15.1. The van der Waals surface area contributed by atoms with Crippen LogP contribution in [0.1, 0.15) is 0 Å². The van der Waals surface area contributed by atoms with Crippen LogP contribution in [0.4, 0.5) is 0 Å². The molecule has 0 bridgehead atoms. The maximum Gasteiger partial charge on any atom is 0.145 e. The summed E-state index contributed by atoms with van der Waals surface area (Å²) in [6.07, 6.45) is 7.40. The Labute approximate surface area is 271 Å². The maximum absolute atomic E-state index is 5.34. The Morgan fingerprint density at radius 1 is 0.404 bits per heavy atom. The van der Waals surface area contributed by atoms with E-state index in [4.69, 9.17) is 9.97 Å². The van der Waals surface area contributed by atoms with E-state index >= 15 is 0 Å². The molecule has 9 rings (SSSR count). The topological polar surface area (TPSA) is 56.5 Å². The van der Waals surface area contributed by atoms with Crippen molar-refractivity contribution in [2.75, 3.05) is 0 Å². The highest BCUT2D eigenvalue weighted by Crippen LogP contribution is 2.37. The van der Waals surface area contributed by atoms with Crippen molar-refractivity contribution in [3.63, 3.8) is 0 Å². The van der Waals surface area contributed by atoms with Crippen molar-refractivity contribution >= 4 is 32.7 Å². The van der Waals surface area contributed by atoms with Crippen LogP contribution in [0.3, 0.4) is 0 Å². The van der Waals surface area contributed by atoms with Gasteiger partial charge in [0.1, 0.15) is 5.82 Å². The van der Waals surface area contributed by atoms with Crippen LogP contribution in [0, 0.1) is 0 Å². The summed E-state index contributed by atoms with van der Waals surface area (Å²) in [7, 11) is 0. The lowest BCUT2D eigenvalue weighted by atomic mass is 9.95. The van der Waals surface area contributed by atoms with E-state index in [9.17, 15) is 0 Å². The Morgan fingerprint density at radius 3 is 1.77 bits per heavy atom. The van der Waals surface area contributed by atoms with Crippen LogP contribution in [0.5, 0.6) is 0 Å². The number of hydrogen-bond acceptors (Lipinski definition) is 4. The Kier molecular flexibility index (Phi) is 6.39. The molecule has 0 saturated carbocycles. The Morgan fingerprint density at radius 2 is 1.04 bits per heavy atom.